The SMILES string of the molecule is CC(C)C1CCC(c2cccc(S(=O)(=O)N3CCOCC3)c2)O1. The number of rotatable bonds is 4. The molecule has 6 heteroatoms. The van der Waals surface area contributed by atoms with Crippen molar-refractivity contribution in [2.24, 2.45) is 5.92 Å². The van der Waals surface area contributed by atoms with Crippen molar-refractivity contribution in [3.8, 4) is 0 Å². The molecule has 2 unspecified atom stereocenters. The van der Waals surface area contributed by atoms with Crippen molar-refractivity contribution in [3.05, 3.63) is 29.8 Å². The van der Waals surface area contributed by atoms with Gasteiger partial charge in [-0.15, -0.1) is 0 Å². The Kier molecular flexibility index (Phi) is 5.06. The summed E-state index contributed by atoms with van der Waals surface area (Å²) in [5, 5.41) is 0. The van der Waals surface area contributed by atoms with Crippen LogP contribution in [-0.4, -0.2) is 45.1 Å². The zero-order valence-electron chi connectivity index (χ0n) is 13.8. The molecule has 2 atom stereocenters. The summed E-state index contributed by atoms with van der Waals surface area (Å²) in [7, 11) is -3.45. The second-order valence-corrected chi connectivity index (χ2v) is 8.51. The van der Waals surface area contributed by atoms with Crippen LogP contribution in [0.3, 0.4) is 0 Å². The lowest BCUT2D eigenvalue weighted by molar-refractivity contribution is 0.0187. The van der Waals surface area contributed by atoms with Gasteiger partial charge in [0.25, 0.3) is 0 Å². The minimum Gasteiger partial charge on any atom is -0.379 e. The Hall–Kier alpha value is -0.950. The second-order valence-electron chi connectivity index (χ2n) is 6.57. The lowest BCUT2D eigenvalue weighted by atomic mass is 10.0. The molecule has 0 aliphatic carbocycles. The number of sulfonamides is 1. The Labute approximate surface area is 138 Å². The molecular formula is C17H25NO4S. The molecule has 0 spiro atoms. The van der Waals surface area contributed by atoms with Gasteiger partial charge in [0.15, 0.2) is 0 Å². The maximum Gasteiger partial charge on any atom is 0.243 e. The number of ether oxygens (including phenoxy) is 2. The van der Waals surface area contributed by atoms with Gasteiger partial charge in [-0.05, 0) is 36.5 Å². The summed E-state index contributed by atoms with van der Waals surface area (Å²) in [4.78, 5) is 0.355. The van der Waals surface area contributed by atoms with Crippen LogP contribution in [0, 0.1) is 5.92 Å². The number of hydrogen-bond acceptors (Lipinski definition) is 4. The lowest BCUT2D eigenvalue weighted by Gasteiger charge is -2.26. The van der Waals surface area contributed by atoms with E-state index in [0.29, 0.717) is 37.1 Å². The molecule has 0 aromatic heterocycles. The molecule has 3 rings (SSSR count). The smallest absolute Gasteiger partial charge is 0.243 e. The van der Waals surface area contributed by atoms with Gasteiger partial charge in [-0.3, -0.25) is 0 Å². The highest BCUT2D eigenvalue weighted by Gasteiger charge is 2.30. The van der Waals surface area contributed by atoms with Crippen molar-refractivity contribution < 1.29 is 17.9 Å². The van der Waals surface area contributed by atoms with Crippen molar-refractivity contribution in [3.63, 3.8) is 0 Å². The molecule has 0 radical (unpaired) electrons. The molecule has 128 valence electrons. The van der Waals surface area contributed by atoms with Crippen molar-refractivity contribution in [2.75, 3.05) is 26.3 Å². The quantitative estimate of drug-likeness (QED) is 0.846. The molecule has 2 aliphatic rings. The first-order chi connectivity index (χ1) is 11.0. The van der Waals surface area contributed by atoms with E-state index in [-0.39, 0.29) is 12.2 Å². The van der Waals surface area contributed by atoms with Crippen LogP contribution in [0.25, 0.3) is 0 Å². The zero-order valence-corrected chi connectivity index (χ0v) is 14.6. The molecule has 5 nitrogen and oxygen atoms in total. The van der Waals surface area contributed by atoms with E-state index in [1.165, 1.54) is 4.31 Å². The summed E-state index contributed by atoms with van der Waals surface area (Å²) < 4.78 is 38.4. The van der Waals surface area contributed by atoms with Crippen LogP contribution in [0.15, 0.2) is 29.2 Å². The Bertz CT molecular complexity index is 638. The van der Waals surface area contributed by atoms with Gasteiger partial charge in [-0.25, -0.2) is 8.42 Å². The molecule has 0 amide bonds. The minimum atomic E-state index is -3.45. The normalized spacial score (nSPS) is 26.7. The minimum absolute atomic E-state index is 0.00207. The average molecular weight is 339 g/mol. The summed E-state index contributed by atoms with van der Waals surface area (Å²) in [6.45, 7) is 6.07. The molecule has 0 bridgehead atoms. The summed E-state index contributed by atoms with van der Waals surface area (Å²) in [5.74, 6) is 0.486. The maximum atomic E-state index is 12.8. The fourth-order valence-corrected chi connectivity index (χ4v) is 4.67. The number of benzene rings is 1. The second kappa shape index (κ2) is 6.89. The molecular weight excluding hydrogens is 314 g/mol. The van der Waals surface area contributed by atoms with Gasteiger partial charge < -0.3 is 9.47 Å². The van der Waals surface area contributed by atoms with Crippen LogP contribution in [0.5, 0.6) is 0 Å². The highest BCUT2D eigenvalue weighted by Crippen LogP contribution is 2.36. The van der Waals surface area contributed by atoms with Gasteiger partial charge in [0.2, 0.25) is 10.0 Å². The molecule has 0 N–H and O–H groups in total. The molecule has 1 aromatic carbocycles. The third-order valence-corrected chi connectivity index (χ3v) is 6.53. The summed E-state index contributed by atoms with van der Waals surface area (Å²) in [6.07, 6.45) is 2.24. The van der Waals surface area contributed by atoms with Crippen LogP contribution in [0.1, 0.15) is 38.4 Å². The maximum absolute atomic E-state index is 12.8. The van der Waals surface area contributed by atoms with Crippen molar-refractivity contribution in [1.82, 2.24) is 4.31 Å². The van der Waals surface area contributed by atoms with Gasteiger partial charge in [0.05, 0.1) is 30.3 Å². The van der Waals surface area contributed by atoms with E-state index >= 15 is 0 Å². The van der Waals surface area contributed by atoms with Crippen LogP contribution < -0.4 is 0 Å². The van der Waals surface area contributed by atoms with Crippen molar-refractivity contribution >= 4 is 10.0 Å². The fourth-order valence-electron chi connectivity index (χ4n) is 3.21. The van der Waals surface area contributed by atoms with E-state index in [4.69, 9.17) is 9.47 Å². The number of morpholine rings is 1. The molecule has 2 saturated heterocycles. The van der Waals surface area contributed by atoms with E-state index in [9.17, 15) is 8.42 Å². The average Bonchev–Trinajstić information content (AvgIpc) is 3.06. The molecule has 0 saturated carbocycles. The topological polar surface area (TPSA) is 55.8 Å². The molecule has 2 fully saturated rings. The fraction of sp³-hybridized carbons (Fsp3) is 0.647. The Morgan fingerprint density at radius 1 is 1.17 bits per heavy atom. The van der Waals surface area contributed by atoms with Crippen molar-refractivity contribution in [2.45, 2.75) is 43.8 Å². The third kappa shape index (κ3) is 3.60. The Balaban J connectivity index is 1.80. The predicted molar refractivity (Wildman–Crippen MR) is 87.7 cm³/mol. The van der Waals surface area contributed by atoms with E-state index < -0.39 is 10.0 Å². The van der Waals surface area contributed by atoms with Gasteiger partial charge in [-0.1, -0.05) is 26.0 Å². The molecule has 2 aliphatic heterocycles. The standard InChI is InChI=1S/C17H25NO4S/c1-13(2)16-6-7-17(22-16)14-4-3-5-15(12-14)23(19,20)18-8-10-21-11-9-18/h3-5,12-13,16-17H,6-11H2,1-2H3. The Morgan fingerprint density at radius 2 is 1.91 bits per heavy atom. The van der Waals surface area contributed by atoms with Gasteiger partial charge in [-0.2, -0.15) is 4.31 Å². The van der Waals surface area contributed by atoms with Crippen LogP contribution in [0.4, 0.5) is 0 Å². The van der Waals surface area contributed by atoms with Crippen LogP contribution in [0.2, 0.25) is 0 Å². The van der Waals surface area contributed by atoms with Crippen LogP contribution >= 0.6 is 0 Å². The third-order valence-electron chi connectivity index (χ3n) is 4.63. The molecule has 23 heavy (non-hydrogen) atoms. The first kappa shape index (κ1) is 16.9. The number of hydrogen-bond donors (Lipinski definition) is 0. The van der Waals surface area contributed by atoms with E-state index in [0.717, 1.165) is 18.4 Å². The molecule has 1 aromatic rings. The van der Waals surface area contributed by atoms with E-state index in [1.54, 1.807) is 12.1 Å². The predicted octanol–water partition coefficient (Wildman–Crippen LogP) is 2.58. The Morgan fingerprint density at radius 3 is 2.57 bits per heavy atom. The van der Waals surface area contributed by atoms with E-state index in [2.05, 4.69) is 13.8 Å². The van der Waals surface area contributed by atoms with Gasteiger partial charge >= 0.3 is 0 Å². The first-order valence-electron chi connectivity index (χ1n) is 8.32. The van der Waals surface area contributed by atoms with Crippen LogP contribution in [-0.2, 0) is 19.5 Å². The summed E-state index contributed by atoms with van der Waals surface area (Å²) >= 11 is 0. The lowest BCUT2D eigenvalue weighted by Crippen LogP contribution is -2.40. The van der Waals surface area contributed by atoms with Gasteiger partial charge in [0, 0.05) is 13.1 Å². The van der Waals surface area contributed by atoms with Crippen molar-refractivity contribution in [1.29, 1.82) is 0 Å². The monoisotopic (exact) mass is 339 g/mol. The summed E-state index contributed by atoms with van der Waals surface area (Å²) in [6, 6.07) is 7.22. The largest absolute Gasteiger partial charge is 0.379 e. The highest BCUT2D eigenvalue weighted by molar-refractivity contribution is 7.89. The molecule has 2 heterocycles. The van der Waals surface area contributed by atoms with E-state index in [1.807, 2.05) is 12.1 Å². The first-order valence-corrected chi connectivity index (χ1v) is 9.76. The van der Waals surface area contributed by atoms with Gasteiger partial charge in [0.1, 0.15) is 0 Å². The summed E-state index contributed by atoms with van der Waals surface area (Å²) in [5.41, 5.74) is 0.961. The zero-order chi connectivity index (χ0) is 16.4. The number of nitrogens with zero attached hydrogens (tertiary/aromatic N) is 1. The highest BCUT2D eigenvalue weighted by atomic mass is 32.2.